The number of rotatable bonds is 0. The number of thioether (sulfide) groups is 1. The van der Waals surface area contributed by atoms with E-state index in [-0.39, 0.29) is 11.9 Å². The summed E-state index contributed by atoms with van der Waals surface area (Å²) in [7, 11) is 0. The second-order valence-corrected chi connectivity index (χ2v) is 6.07. The smallest absolute Gasteiger partial charge is 0.137 e. The highest BCUT2D eigenvalue weighted by Crippen LogP contribution is 2.41. The van der Waals surface area contributed by atoms with Crippen molar-refractivity contribution in [1.29, 1.82) is 0 Å². The average Bonchev–Trinajstić information content (AvgIpc) is 2.51. The van der Waals surface area contributed by atoms with E-state index in [1.54, 1.807) is 6.07 Å². The van der Waals surface area contributed by atoms with Gasteiger partial charge in [-0.05, 0) is 28.8 Å². The van der Waals surface area contributed by atoms with Crippen molar-refractivity contribution >= 4 is 27.7 Å². The van der Waals surface area contributed by atoms with E-state index < -0.39 is 0 Å². The van der Waals surface area contributed by atoms with Crippen molar-refractivity contribution in [1.82, 2.24) is 0 Å². The number of hydrogen-bond donors (Lipinski definition) is 1. The standard InChI is InChI=1S/C14H11BrFNS/c15-11-5-1-3-8-10(11)7-18-14-9(13(8)17)4-2-6-12(14)16/h1-6,13H,7,17H2. The summed E-state index contributed by atoms with van der Waals surface area (Å²) in [6.07, 6.45) is 0. The van der Waals surface area contributed by atoms with Gasteiger partial charge in [0, 0.05) is 15.1 Å². The van der Waals surface area contributed by atoms with Crippen molar-refractivity contribution in [2.45, 2.75) is 16.7 Å². The largest absolute Gasteiger partial charge is 0.320 e. The van der Waals surface area contributed by atoms with Crippen molar-refractivity contribution in [2.75, 3.05) is 0 Å². The van der Waals surface area contributed by atoms with E-state index in [0.717, 1.165) is 26.9 Å². The highest BCUT2D eigenvalue weighted by atomic mass is 79.9. The number of nitrogens with two attached hydrogens (primary N) is 1. The third kappa shape index (κ3) is 1.88. The van der Waals surface area contributed by atoms with Gasteiger partial charge in [0.2, 0.25) is 0 Å². The molecule has 2 N–H and O–H groups in total. The zero-order valence-corrected chi connectivity index (χ0v) is 11.9. The Hall–Kier alpha value is -0.840. The summed E-state index contributed by atoms with van der Waals surface area (Å²) in [4.78, 5) is 0.674. The van der Waals surface area contributed by atoms with Crippen molar-refractivity contribution in [3.8, 4) is 0 Å². The lowest BCUT2D eigenvalue weighted by Gasteiger charge is -2.15. The van der Waals surface area contributed by atoms with Crippen LogP contribution in [0.3, 0.4) is 0 Å². The molecule has 1 aliphatic rings. The molecule has 1 aliphatic heterocycles. The maximum absolute atomic E-state index is 13.9. The molecule has 4 heteroatoms. The predicted molar refractivity (Wildman–Crippen MR) is 76.1 cm³/mol. The normalized spacial score (nSPS) is 17.8. The first kappa shape index (κ1) is 12.2. The van der Waals surface area contributed by atoms with Crippen LogP contribution in [-0.4, -0.2) is 0 Å². The molecule has 1 atom stereocenters. The van der Waals surface area contributed by atoms with Gasteiger partial charge in [-0.15, -0.1) is 11.8 Å². The molecular formula is C14H11BrFNS. The van der Waals surface area contributed by atoms with E-state index in [2.05, 4.69) is 15.9 Å². The van der Waals surface area contributed by atoms with Crippen LogP contribution in [0.5, 0.6) is 0 Å². The Kier molecular flexibility index (Phi) is 3.18. The zero-order chi connectivity index (χ0) is 12.7. The van der Waals surface area contributed by atoms with Crippen LogP contribution >= 0.6 is 27.7 Å². The first-order valence-electron chi connectivity index (χ1n) is 5.62. The predicted octanol–water partition coefficient (Wildman–Crippen LogP) is 4.24. The highest BCUT2D eigenvalue weighted by molar-refractivity contribution is 9.10. The third-order valence-corrected chi connectivity index (χ3v) is 5.08. The van der Waals surface area contributed by atoms with Gasteiger partial charge in [0.15, 0.2) is 0 Å². The fourth-order valence-electron chi connectivity index (χ4n) is 2.25. The fourth-order valence-corrected chi connectivity index (χ4v) is 4.14. The van der Waals surface area contributed by atoms with Crippen LogP contribution in [0, 0.1) is 5.82 Å². The molecule has 0 fully saturated rings. The summed E-state index contributed by atoms with van der Waals surface area (Å²) in [5.74, 6) is 0.551. The Bertz CT molecular complexity index is 561. The average molecular weight is 324 g/mol. The van der Waals surface area contributed by atoms with Gasteiger partial charge in [-0.3, -0.25) is 0 Å². The molecule has 1 unspecified atom stereocenters. The van der Waals surface area contributed by atoms with Gasteiger partial charge in [-0.2, -0.15) is 0 Å². The van der Waals surface area contributed by atoms with Crippen LogP contribution in [0.4, 0.5) is 4.39 Å². The van der Waals surface area contributed by atoms with Crippen molar-refractivity contribution in [2.24, 2.45) is 5.73 Å². The minimum Gasteiger partial charge on any atom is -0.320 e. The van der Waals surface area contributed by atoms with E-state index in [1.807, 2.05) is 24.3 Å². The first-order valence-corrected chi connectivity index (χ1v) is 7.40. The number of hydrogen-bond acceptors (Lipinski definition) is 2. The summed E-state index contributed by atoms with van der Waals surface area (Å²) >= 11 is 5.06. The third-order valence-electron chi connectivity index (χ3n) is 3.18. The van der Waals surface area contributed by atoms with E-state index in [9.17, 15) is 4.39 Å². The highest BCUT2D eigenvalue weighted by Gasteiger charge is 2.24. The van der Waals surface area contributed by atoms with Crippen LogP contribution in [-0.2, 0) is 5.75 Å². The molecule has 2 aromatic carbocycles. The van der Waals surface area contributed by atoms with E-state index >= 15 is 0 Å². The Morgan fingerprint density at radius 3 is 2.72 bits per heavy atom. The monoisotopic (exact) mass is 323 g/mol. The van der Waals surface area contributed by atoms with Gasteiger partial charge in [0.25, 0.3) is 0 Å². The van der Waals surface area contributed by atoms with Crippen LogP contribution in [0.1, 0.15) is 22.7 Å². The first-order chi connectivity index (χ1) is 8.68. The molecule has 0 amide bonds. The second kappa shape index (κ2) is 4.68. The molecule has 0 bridgehead atoms. The van der Waals surface area contributed by atoms with Crippen LogP contribution < -0.4 is 5.73 Å². The summed E-state index contributed by atoms with van der Waals surface area (Å²) in [6, 6.07) is 10.8. The Morgan fingerprint density at radius 1 is 1.17 bits per heavy atom. The Labute approximate surface area is 118 Å². The molecule has 1 heterocycles. The van der Waals surface area contributed by atoms with E-state index in [1.165, 1.54) is 17.8 Å². The topological polar surface area (TPSA) is 26.0 Å². The number of halogens is 2. The zero-order valence-electron chi connectivity index (χ0n) is 9.49. The molecule has 0 saturated heterocycles. The lowest BCUT2D eigenvalue weighted by molar-refractivity contribution is 0.594. The van der Waals surface area contributed by atoms with Crippen molar-refractivity contribution < 1.29 is 4.39 Å². The van der Waals surface area contributed by atoms with Gasteiger partial charge >= 0.3 is 0 Å². The van der Waals surface area contributed by atoms with Crippen LogP contribution in [0.25, 0.3) is 0 Å². The minimum atomic E-state index is -0.266. The van der Waals surface area contributed by atoms with Crippen molar-refractivity contribution in [3.63, 3.8) is 0 Å². The summed E-state index contributed by atoms with van der Waals surface area (Å²) in [6.45, 7) is 0. The molecule has 0 saturated carbocycles. The SMILES string of the molecule is NC1c2cccc(Br)c2CSc2c(F)cccc21. The molecule has 2 aromatic rings. The molecular weight excluding hydrogens is 313 g/mol. The fraction of sp³-hybridized carbons (Fsp3) is 0.143. The van der Waals surface area contributed by atoms with Crippen LogP contribution in [0.2, 0.25) is 0 Å². The Morgan fingerprint density at radius 2 is 1.89 bits per heavy atom. The summed E-state index contributed by atoms with van der Waals surface area (Å²) in [5, 5.41) is 0. The lowest BCUT2D eigenvalue weighted by Crippen LogP contribution is -2.13. The Balaban J connectivity index is 2.22. The van der Waals surface area contributed by atoms with Crippen molar-refractivity contribution in [3.05, 3.63) is 63.4 Å². The summed E-state index contributed by atoms with van der Waals surface area (Å²) < 4.78 is 14.9. The molecule has 0 aromatic heterocycles. The molecule has 0 radical (unpaired) electrons. The van der Waals surface area contributed by atoms with Gasteiger partial charge in [-0.1, -0.05) is 40.2 Å². The summed E-state index contributed by atoms with van der Waals surface area (Å²) in [5.41, 5.74) is 9.40. The minimum absolute atomic E-state index is 0.183. The van der Waals surface area contributed by atoms with Gasteiger partial charge in [0.05, 0.1) is 6.04 Å². The number of benzene rings is 2. The van der Waals surface area contributed by atoms with E-state index in [0.29, 0.717) is 4.90 Å². The molecule has 1 nitrogen and oxygen atoms in total. The maximum atomic E-state index is 13.9. The van der Waals surface area contributed by atoms with Crippen LogP contribution in [0.15, 0.2) is 45.8 Å². The molecule has 92 valence electrons. The maximum Gasteiger partial charge on any atom is 0.137 e. The molecule has 0 aliphatic carbocycles. The molecule has 0 spiro atoms. The second-order valence-electron chi connectivity index (χ2n) is 4.23. The van der Waals surface area contributed by atoms with Gasteiger partial charge < -0.3 is 5.73 Å². The van der Waals surface area contributed by atoms with Gasteiger partial charge in [-0.25, -0.2) is 4.39 Å². The number of fused-ring (bicyclic) bond motifs is 2. The lowest BCUT2D eigenvalue weighted by atomic mass is 9.96. The van der Waals surface area contributed by atoms with Gasteiger partial charge in [0.1, 0.15) is 5.82 Å². The quantitative estimate of drug-likeness (QED) is 0.784. The van der Waals surface area contributed by atoms with E-state index in [4.69, 9.17) is 5.73 Å². The molecule has 3 rings (SSSR count). The molecule has 18 heavy (non-hydrogen) atoms.